The molecule has 0 bridgehead atoms. The van der Waals surface area contributed by atoms with Crippen molar-refractivity contribution >= 4 is 85.1 Å². The molecule has 6 N–H and O–H groups in total. The molecule has 208 valence electrons. The molecular weight excluding hydrogens is 605 g/mol. The molecule has 2 aromatic heterocycles. The van der Waals surface area contributed by atoms with Gasteiger partial charge in [0.1, 0.15) is 24.2 Å². The molecule has 18 heteroatoms. The summed E-state index contributed by atoms with van der Waals surface area (Å²) in [6.07, 6.45) is 0. The minimum atomic E-state index is -1.30. The van der Waals surface area contributed by atoms with Gasteiger partial charge in [-0.25, -0.2) is 4.79 Å². The lowest BCUT2D eigenvalue weighted by Crippen LogP contribution is -2.71. The number of carboxylic acids is 1. The number of β-lactam (4-membered cyclic amide) rings is 1. The predicted molar refractivity (Wildman–Crippen MR) is 150 cm³/mol. The fourth-order valence-corrected chi connectivity index (χ4v) is 8.16. The highest BCUT2D eigenvalue weighted by molar-refractivity contribution is 8.02. The lowest BCUT2D eigenvalue weighted by atomic mass is 10.0. The Bertz CT molecular complexity index is 1690. The van der Waals surface area contributed by atoms with Crippen molar-refractivity contribution in [2.24, 2.45) is 5.16 Å². The number of anilines is 1. The van der Waals surface area contributed by atoms with Gasteiger partial charge < -0.3 is 31.2 Å². The first kappa shape index (κ1) is 27.7. The zero-order valence-electron chi connectivity index (χ0n) is 20.2. The minimum Gasteiger partial charge on any atom is -0.504 e. The Morgan fingerprint density at radius 2 is 2.02 bits per heavy atom. The van der Waals surface area contributed by atoms with Gasteiger partial charge in [-0.15, -0.1) is 34.9 Å². The van der Waals surface area contributed by atoms with E-state index >= 15 is 0 Å². The molecule has 4 heterocycles. The van der Waals surface area contributed by atoms with E-state index in [-0.39, 0.29) is 50.4 Å². The Hall–Kier alpha value is -3.87. The topological polar surface area (TPSA) is 218 Å². The lowest BCUT2D eigenvalue weighted by Gasteiger charge is -2.49. The Morgan fingerprint density at radius 3 is 2.70 bits per heavy atom. The van der Waals surface area contributed by atoms with Gasteiger partial charge in [0.2, 0.25) is 11.5 Å². The summed E-state index contributed by atoms with van der Waals surface area (Å²) in [7, 11) is 1.23. The average molecular weight is 623 g/mol. The Balaban J connectivity index is 1.33. The second kappa shape index (κ2) is 11.0. The largest absolute Gasteiger partial charge is 0.504 e. The Morgan fingerprint density at radius 1 is 1.27 bits per heavy atom. The van der Waals surface area contributed by atoms with Crippen molar-refractivity contribution in [1.29, 1.82) is 0 Å². The first-order valence-electron chi connectivity index (χ1n) is 11.1. The third kappa shape index (κ3) is 5.05. The molecule has 2 atom stereocenters. The first-order chi connectivity index (χ1) is 19.1. The van der Waals surface area contributed by atoms with Gasteiger partial charge in [-0.2, -0.15) is 9.36 Å². The standard InChI is InChI=1S/C22H18N6O8S4/c1-36-26-14(17-25-22(23)40-27-17)18(32)24-15-19(33)28-16(21(34)35)7(6-38-20(15)28)5-37-13-4-9(29)8-2-10(30)11(31)3-12(8)39-13/h2-4,15,20,30-31H,5-6H2,1H3,(H,24,32)(H,34,35)(H2,23,25,27)/b26-14-/t15-,20+/m1/s1. The molecule has 5 rings (SSSR count). The number of benzene rings is 1. The molecule has 2 aliphatic rings. The number of phenols is 2. The van der Waals surface area contributed by atoms with E-state index in [4.69, 9.17) is 10.6 Å². The summed E-state index contributed by atoms with van der Waals surface area (Å²) < 4.78 is 4.95. The third-order valence-electron chi connectivity index (χ3n) is 5.78. The van der Waals surface area contributed by atoms with Crippen LogP contribution in [0.15, 0.2) is 43.6 Å². The maximum atomic E-state index is 13.0. The van der Waals surface area contributed by atoms with Crippen LogP contribution in [-0.2, 0) is 19.2 Å². The number of nitrogens with two attached hydrogens (primary N) is 1. The van der Waals surface area contributed by atoms with Gasteiger partial charge in [0.15, 0.2) is 22.1 Å². The monoisotopic (exact) mass is 622 g/mol. The first-order valence-corrected chi connectivity index (χ1v) is 14.8. The lowest BCUT2D eigenvalue weighted by molar-refractivity contribution is -0.150. The van der Waals surface area contributed by atoms with Gasteiger partial charge in [-0.1, -0.05) is 5.16 Å². The second-order valence-electron chi connectivity index (χ2n) is 8.25. The number of carboxylic acid groups (broad SMARTS) is 1. The van der Waals surface area contributed by atoms with Crippen molar-refractivity contribution < 1.29 is 34.5 Å². The molecule has 0 aliphatic carbocycles. The maximum absolute atomic E-state index is 13.0. The number of fused-ring (bicyclic) bond motifs is 2. The van der Waals surface area contributed by atoms with E-state index in [9.17, 15) is 34.5 Å². The minimum absolute atomic E-state index is 0.0739. The maximum Gasteiger partial charge on any atom is 0.352 e. The molecule has 40 heavy (non-hydrogen) atoms. The van der Waals surface area contributed by atoms with Crippen LogP contribution in [0.1, 0.15) is 5.82 Å². The zero-order valence-corrected chi connectivity index (χ0v) is 23.4. The SMILES string of the molecule is CO/N=C(\C(=O)N[C@@H]1C(=O)N2C(C(=O)O)=C(CSc3cc(=O)c4cc(O)c(O)cc4s3)CS[C@@H]12)c1nsc(N)n1. The van der Waals surface area contributed by atoms with Gasteiger partial charge >= 0.3 is 5.97 Å². The van der Waals surface area contributed by atoms with Crippen LogP contribution in [0.5, 0.6) is 11.5 Å². The van der Waals surface area contributed by atoms with E-state index in [1.807, 2.05) is 0 Å². The Labute approximate surface area is 240 Å². The van der Waals surface area contributed by atoms with Crippen LogP contribution in [-0.4, -0.2) is 83.1 Å². The number of nitrogens with zero attached hydrogens (tertiary/aromatic N) is 4. The summed E-state index contributed by atoms with van der Waals surface area (Å²) in [5.41, 5.74) is 5.22. The second-order valence-corrected chi connectivity index (χ2v) is 12.5. The number of thioether (sulfide) groups is 2. The number of carbonyl (C=O) groups is 3. The number of aliphatic carboxylic acids is 1. The van der Waals surface area contributed by atoms with Crippen LogP contribution in [0.4, 0.5) is 5.13 Å². The number of hydrogen-bond donors (Lipinski definition) is 5. The molecule has 1 saturated heterocycles. The van der Waals surface area contributed by atoms with E-state index in [0.29, 0.717) is 14.5 Å². The molecule has 1 fully saturated rings. The molecule has 0 unspecified atom stereocenters. The van der Waals surface area contributed by atoms with Crippen molar-refractivity contribution in [3.63, 3.8) is 0 Å². The van der Waals surface area contributed by atoms with Crippen molar-refractivity contribution in [1.82, 2.24) is 19.6 Å². The number of nitrogens with one attached hydrogen (secondary N) is 1. The van der Waals surface area contributed by atoms with Crippen molar-refractivity contribution in [2.75, 3.05) is 24.3 Å². The molecule has 3 aromatic rings. The Kier molecular flexibility index (Phi) is 7.58. The number of rotatable bonds is 8. The van der Waals surface area contributed by atoms with E-state index in [1.54, 1.807) is 0 Å². The molecule has 14 nitrogen and oxygen atoms in total. The van der Waals surface area contributed by atoms with Crippen molar-refractivity contribution in [3.05, 3.63) is 45.5 Å². The summed E-state index contributed by atoms with van der Waals surface area (Å²) in [4.78, 5) is 60.3. The van der Waals surface area contributed by atoms with Crippen LogP contribution in [0, 0.1) is 0 Å². The van der Waals surface area contributed by atoms with Crippen LogP contribution in [0.25, 0.3) is 10.1 Å². The highest BCUT2D eigenvalue weighted by atomic mass is 32.2. The fourth-order valence-electron chi connectivity index (χ4n) is 4.00. The smallest absolute Gasteiger partial charge is 0.352 e. The van der Waals surface area contributed by atoms with Crippen LogP contribution in [0.2, 0.25) is 0 Å². The summed E-state index contributed by atoms with van der Waals surface area (Å²) >= 11 is 4.55. The van der Waals surface area contributed by atoms with Crippen LogP contribution < -0.4 is 16.5 Å². The molecule has 2 aliphatic heterocycles. The highest BCUT2D eigenvalue weighted by Gasteiger charge is 2.54. The number of oxime groups is 1. The number of amides is 2. The van der Waals surface area contributed by atoms with Gasteiger partial charge in [0.05, 0.1) is 4.21 Å². The summed E-state index contributed by atoms with van der Waals surface area (Å²) in [6.45, 7) is 0. The highest BCUT2D eigenvalue weighted by Crippen LogP contribution is 2.42. The number of aromatic hydroxyl groups is 2. The third-order valence-corrected chi connectivity index (χ3v) is 10.0. The molecule has 2 amide bonds. The summed E-state index contributed by atoms with van der Waals surface area (Å²) in [5.74, 6) is -3.09. The number of nitrogen functional groups attached to an aromatic ring is 1. The van der Waals surface area contributed by atoms with Gasteiger partial charge in [-0.3, -0.25) is 19.3 Å². The molecule has 0 spiro atoms. The number of aromatic nitrogens is 2. The van der Waals surface area contributed by atoms with Crippen LogP contribution >= 0.6 is 46.4 Å². The molecule has 0 radical (unpaired) electrons. The van der Waals surface area contributed by atoms with E-state index < -0.39 is 34.9 Å². The molecule has 1 aromatic carbocycles. The van der Waals surface area contributed by atoms with Gasteiger partial charge in [0.25, 0.3) is 11.8 Å². The number of hydrogen-bond acceptors (Lipinski definition) is 15. The predicted octanol–water partition coefficient (Wildman–Crippen LogP) is 0.988. The normalized spacial score (nSPS) is 18.9. The fraction of sp³-hybridized carbons (Fsp3) is 0.227. The summed E-state index contributed by atoms with van der Waals surface area (Å²) in [5, 5.41) is 35.3. The van der Waals surface area contributed by atoms with E-state index in [2.05, 4.69) is 19.8 Å². The van der Waals surface area contributed by atoms with E-state index in [1.165, 1.54) is 60.2 Å². The van der Waals surface area contributed by atoms with Crippen molar-refractivity contribution in [2.45, 2.75) is 15.6 Å². The quantitative estimate of drug-likeness (QED) is 0.0779. The van der Waals surface area contributed by atoms with Gasteiger partial charge in [0, 0.05) is 45.3 Å². The average Bonchev–Trinajstić information content (AvgIpc) is 3.35. The number of phenolic OH excluding ortho intramolecular Hbond substituents is 2. The molecular formula is C22H18N6O8S4. The van der Waals surface area contributed by atoms with E-state index in [0.717, 1.165) is 16.4 Å². The number of carbonyl (C=O) groups excluding carboxylic acids is 2. The zero-order chi connectivity index (χ0) is 28.7. The molecule has 0 saturated carbocycles. The van der Waals surface area contributed by atoms with Crippen molar-refractivity contribution in [3.8, 4) is 11.5 Å². The van der Waals surface area contributed by atoms with Gasteiger partial charge in [-0.05, 0) is 11.6 Å². The summed E-state index contributed by atoms with van der Waals surface area (Å²) in [6, 6.07) is 2.84. The van der Waals surface area contributed by atoms with Crippen LogP contribution in [0.3, 0.4) is 0 Å².